The molecule has 3 rings (SSSR count). The summed E-state index contributed by atoms with van der Waals surface area (Å²) in [6, 6.07) is 1.91. The number of nitrogens with zero attached hydrogens (tertiary/aromatic N) is 4. The van der Waals surface area contributed by atoms with Crippen LogP contribution in [0.15, 0.2) is 24.7 Å². The van der Waals surface area contributed by atoms with Gasteiger partial charge in [-0.3, -0.25) is 19.4 Å². The second-order valence-electron chi connectivity index (χ2n) is 6.09. The predicted molar refractivity (Wildman–Crippen MR) is 87.9 cm³/mol. The van der Waals surface area contributed by atoms with Gasteiger partial charge >= 0.3 is 0 Å². The van der Waals surface area contributed by atoms with Crippen LogP contribution in [0.25, 0.3) is 0 Å². The van der Waals surface area contributed by atoms with Gasteiger partial charge < -0.3 is 5.73 Å². The number of hydrogen-bond acceptors (Lipinski definition) is 4. The molecule has 2 aromatic rings. The van der Waals surface area contributed by atoms with Gasteiger partial charge in [-0.15, -0.1) is 0 Å². The summed E-state index contributed by atoms with van der Waals surface area (Å²) in [5, 5.41) is 4.94. The van der Waals surface area contributed by atoms with E-state index in [0.29, 0.717) is 18.1 Å². The number of aromatic nitrogens is 3. The fourth-order valence-corrected chi connectivity index (χ4v) is 3.45. The summed E-state index contributed by atoms with van der Waals surface area (Å²) in [6.45, 7) is 4.09. The molecule has 0 unspecified atom stereocenters. The third kappa shape index (κ3) is 3.09. The first-order valence-electron chi connectivity index (χ1n) is 7.56. The minimum Gasteiger partial charge on any atom is -0.369 e. The number of aryl methyl sites for hydroxylation is 1. The highest BCUT2D eigenvalue weighted by Gasteiger charge is 2.38. The van der Waals surface area contributed by atoms with E-state index in [-0.39, 0.29) is 17.7 Å². The smallest absolute Gasteiger partial charge is 0.222 e. The molecule has 0 aromatic carbocycles. The lowest BCUT2D eigenvalue weighted by molar-refractivity contribution is -0.121. The van der Waals surface area contributed by atoms with Crippen LogP contribution in [-0.4, -0.2) is 38.7 Å². The number of primary amides is 1. The van der Waals surface area contributed by atoms with Gasteiger partial charge in [0, 0.05) is 50.7 Å². The van der Waals surface area contributed by atoms with Crippen molar-refractivity contribution >= 4 is 17.5 Å². The van der Waals surface area contributed by atoms with Crippen molar-refractivity contribution in [1.82, 2.24) is 19.7 Å². The molecule has 3 heterocycles. The van der Waals surface area contributed by atoms with E-state index in [1.165, 1.54) is 0 Å². The van der Waals surface area contributed by atoms with Crippen molar-refractivity contribution in [2.75, 3.05) is 13.1 Å². The number of rotatable bonds is 4. The molecule has 0 spiro atoms. The molecular formula is C16H20ClN5O. The van der Waals surface area contributed by atoms with E-state index in [9.17, 15) is 4.79 Å². The quantitative estimate of drug-likeness (QED) is 0.919. The Balaban J connectivity index is 1.83. The average Bonchev–Trinajstić information content (AvgIpc) is 3.06. The van der Waals surface area contributed by atoms with Crippen LogP contribution < -0.4 is 5.73 Å². The van der Waals surface area contributed by atoms with Crippen molar-refractivity contribution < 1.29 is 4.79 Å². The number of halogens is 1. The van der Waals surface area contributed by atoms with Crippen molar-refractivity contribution in [2.45, 2.75) is 19.4 Å². The van der Waals surface area contributed by atoms with E-state index < -0.39 is 0 Å². The van der Waals surface area contributed by atoms with Gasteiger partial charge in [0.1, 0.15) is 0 Å². The van der Waals surface area contributed by atoms with Crippen LogP contribution in [0.1, 0.15) is 22.7 Å². The van der Waals surface area contributed by atoms with Gasteiger partial charge in [0.2, 0.25) is 5.91 Å². The number of likely N-dealkylation sites (tertiary alicyclic amines) is 1. The second-order valence-corrected chi connectivity index (χ2v) is 6.49. The molecule has 0 bridgehead atoms. The first kappa shape index (κ1) is 16.0. The van der Waals surface area contributed by atoms with E-state index in [1.807, 2.05) is 30.9 Å². The Morgan fingerprint density at radius 2 is 2.22 bits per heavy atom. The third-order valence-corrected chi connectivity index (χ3v) is 5.02. The van der Waals surface area contributed by atoms with Gasteiger partial charge in [-0.1, -0.05) is 11.6 Å². The number of hydrogen-bond donors (Lipinski definition) is 1. The molecule has 2 atom stereocenters. The van der Waals surface area contributed by atoms with E-state index in [0.717, 1.165) is 23.4 Å². The van der Waals surface area contributed by atoms with Crippen molar-refractivity contribution in [3.05, 3.63) is 46.5 Å². The molecule has 7 heteroatoms. The van der Waals surface area contributed by atoms with Crippen LogP contribution in [-0.2, 0) is 18.4 Å². The van der Waals surface area contributed by atoms with Crippen molar-refractivity contribution in [3.8, 4) is 0 Å². The van der Waals surface area contributed by atoms with Crippen molar-refractivity contribution in [3.63, 3.8) is 0 Å². The van der Waals surface area contributed by atoms with Gasteiger partial charge in [0.25, 0.3) is 0 Å². The zero-order chi connectivity index (χ0) is 16.6. The maximum Gasteiger partial charge on any atom is 0.222 e. The van der Waals surface area contributed by atoms with Crippen LogP contribution in [0.3, 0.4) is 0 Å². The Morgan fingerprint density at radius 1 is 1.43 bits per heavy atom. The van der Waals surface area contributed by atoms with Crippen molar-refractivity contribution in [1.29, 1.82) is 0 Å². The monoisotopic (exact) mass is 333 g/mol. The molecule has 0 aliphatic carbocycles. The Morgan fingerprint density at radius 3 is 2.83 bits per heavy atom. The molecule has 1 aliphatic rings. The second kappa shape index (κ2) is 6.29. The normalized spacial score (nSPS) is 21.7. The molecule has 2 aromatic heterocycles. The topological polar surface area (TPSA) is 77.0 Å². The zero-order valence-electron chi connectivity index (χ0n) is 13.2. The fourth-order valence-electron chi connectivity index (χ4n) is 3.27. The van der Waals surface area contributed by atoms with Crippen LogP contribution in [0.2, 0.25) is 5.02 Å². The maximum atomic E-state index is 11.9. The molecule has 23 heavy (non-hydrogen) atoms. The highest BCUT2D eigenvalue weighted by atomic mass is 35.5. The lowest BCUT2D eigenvalue weighted by Gasteiger charge is -2.16. The van der Waals surface area contributed by atoms with E-state index in [4.69, 9.17) is 17.3 Å². The summed E-state index contributed by atoms with van der Waals surface area (Å²) in [6.07, 6.45) is 5.21. The van der Waals surface area contributed by atoms with Gasteiger partial charge in [0.15, 0.2) is 0 Å². The number of carbonyl (C=O) groups excluding carboxylic acids is 1. The highest BCUT2D eigenvalue weighted by molar-refractivity contribution is 6.31. The van der Waals surface area contributed by atoms with E-state index in [1.54, 1.807) is 12.4 Å². The summed E-state index contributed by atoms with van der Waals surface area (Å²) >= 11 is 6.19. The molecule has 2 N–H and O–H groups in total. The van der Waals surface area contributed by atoms with Crippen LogP contribution >= 0.6 is 11.6 Å². The fraction of sp³-hybridized carbons (Fsp3) is 0.438. The molecule has 1 fully saturated rings. The Bertz CT molecular complexity index is 729. The molecule has 0 radical (unpaired) electrons. The van der Waals surface area contributed by atoms with E-state index in [2.05, 4.69) is 15.0 Å². The van der Waals surface area contributed by atoms with Crippen LogP contribution in [0.5, 0.6) is 0 Å². The van der Waals surface area contributed by atoms with Crippen LogP contribution in [0, 0.1) is 12.8 Å². The van der Waals surface area contributed by atoms with Gasteiger partial charge in [-0.05, 0) is 24.1 Å². The first-order chi connectivity index (χ1) is 11.0. The number of amides is 1. The van der Waals surface area contributed by atoms with Gasteiger partial charge in [-0.2, -0.15) is 5.10 Å². The first-order valence-corrected chi connectivity index (χ1v) is 7.93. The summed E-state index contributed by atoms with van der Waals surface area (Å²) in [5.74, 6) is -0.401. The SMILES string of the molecule is Cc1c([C@H]2CN(Cc3ccncc3Cl)C[C@@H]2C(N)=O)cnn1C. The Hall–Kier alpha value is -1.92. The molecule has 1 saturated heterocycles. The standard InChI is InChI=1S/C16H20ClN5O/c1-10-12(5-20-21(10)2)13-8-22(9-14(13)16(18)23)7-11-3-4-19-6-15(11)17/h3-6,13-14H,7-9H2,1-2H3,(H2,18,23)/t13-,14+/m1/s1. The number of carbonyl (C=O) groups is 1. The summed E-state index contributed by atoms with van der Waals surface area (Å²) in [5.41, 5.74) is 8.82. The van der Waals surface area contributed by atoms with Crippen LogP contribution in [0.4, 0.5) is 0 Å². The third-order valence-electron chi connectivity index (χ3n) is 4.68. The number of nitrogens with two attached hydrogens (primary N) is 1. The zero-order valence-corrected chi connectivity index (χ0v) is 14.0. The average molecular weight is 334 g/mol. The lowest BCUT2D eigenvalue weighted by atomic mass is 9.89. The minimum atomic E-state index is -0.262. The molecule has 0 saturated carbocycles. The predicted octanol–water partition coefficient (Wildman–Crippen LogP) is 1.48. The summed E-state index contributed by atoms with van der Waals surface area (Å²) < 4.78 is 1.83. The molecular weight excluding hydrogens is 314 g/mol. The summed E-state index contributed by atoms with van der Waals surface area (Å²) in [7, 11) is 1.90. The molecule has 1 amide bonds. The Labute approximate surface area is 140 Å². The molecule has 122 valence electrons. The molecule has 6 nitrogen and oxygen atoms in total. The Kier molecular flexibility index (Phi) is 4.37. The van der Waals surface area contributed by atoms with Gasteiger partial charge in [0.05, 0.1) is 17.1 Å². The highest BCUT2D eigenvalue weighted by Crippen LogP contribution is 2.35. The molecule has 1 aliphatic heterocycles. The van der Waals surface area contributed by atoms with Crippen molar-refractivity contribution in [2.24, 2.45) is 18.7 Å². The lowest BCUT2D eigenvalue weighted by Crippen LogP contribution is -2.29. The maximum absolute atomic E-state index is 11.9. The minimum absolute atomic E-state index is 0.0711. The largest absolute Gasteiger partial charge is 0.369 e. The van der Waals surface area contributed by atoms with Gasteiger partial charge in [-0.25, -0.2) is 0 Å². The summed E-state index contributed by atoms with van der Waals surface area (Å²) in [4.78, 5) is 18.1. The van der Waals surface area contributed by atoms with E-state index >= 15 is 0 Å². The number of pyridine rings is 1.